The van der Waals surface area contributed by atoms with Gasteiger partial charge in [-0.2, -0.15) is 0 Å². The first-order valence-electron chi connectivity index (χ1n) is 6.11. The predicted octanol–water partition coefficient (Wildman–Crippen LogP) is 3.35. The van der Waals surface area contributed by atoms with E-state index >= 15 is 0 Å². The van der Waals surface area contributed by atoms with Crippen molar-refractivity contribution in [3.05, 3.63) is 67.9 Å². The molecule has 0 radical (unpaired) electrons. The van der Waals surface area contributed by atoms with Gasteiger partial charge in [-0.3, -0.25) is 15.1 Å². The number of nitrogens with one attached hydrogen (secondary N) is 1. The third kappa shape index (κ3) is 3.61. The van der Waals surface area contributed by atoms with Crippen molar-refractivity contribution in [2.75, 3.05) is 0 Å². The minimum absolute atomic E-state index is 0.123. The topological polar surface area (TPSA) is 68.1 Å². The van der Waals surface area contributed by atoms with E-state index in [-0.39, 0.29) is 10.6 Å². The molecule has 20 heavy (non-hydrogen) atoms. The van der Waals surface area contributed by atoms with Crippen LogP contribution < -0.4 is 5.32 Å². The summed E-state index contributed by atoms with van der Waals surface area (Å²) in [5.74, 6) is 0. The van der Waals surface area contributed by atoms with Crippen LogP contribution in [0.3, 0.4) is 0 Å². The normalized spacial score (nSPS) is 10.5. The lowest BCUT2D eigenvalue weighted by Gasteiger charge is -2.08. The molecule has 0 unspecified atom stereocenters. The molecule has 5 nitrogen and oxygen atoms in total. The second-order valence-electron chi connectivity index (χ2n) is 4.44. The predicted molar refractivity (Wildman–Crippen MR) is 80.3 cm³/mol. The van der Waals surface area contributed by atoms with Crippen LogP contribution in [0.5, 0.6) is 0 Å². The molecule has 2 aromatic rings. The summed E-state index contributed by atoms with van der Waals surface area (Å²) in [5, 5.41) is 14.2. The summed E-state index contributed by atoms with van der Waals surface area (Å²) < 4.78 is 0.706. The Morgan fingerprint density at radius 3 is 2.75 bits per heavy atom. The highest BCUT2D eigenvalue weighted by Crippen LogP contribution is 2.23. The summed E-state index contributed by atoms with van der Waals surface area (Å²) in [6.07, 6.45) is 3.55. The highest BCUT2D eigenvalue weighted by atomic mass is 79.9. The molecule has 104 valence electrons. The van der Waals surface area contributed by atoms with Crippen molar-refractivity contribution in [1.29, 1.82) is 0 Å². The van der Waals surface area contributed by atoms with Crippen molar-refractivity contribution in [3.8, 4) is 0 Å². The van der Waals surface area contributed by atoms with Gasteiger partial charge in [0.25, 0.3) is 5.69 Å². The van der Waals surface area contributed by atoms with E-state index in [0.717, 1.165) is 11.1 Å². The zero-order valence-electron chi connectivity index (χ0n) is 11.0. The fourth-order valence-corrected chi connectivity index (χ4v) is 2.24. The van der Waals surface area contributed by atoms with Crippen LogP contribution in [0, 0.1) is 17.0 Å². The van der Waals surface area contributed by atoms with E-state index in [0.29, 0.717) is 23.1 Å². The van der Waals surface area contributed by atoms with Gasteiger partial charge in [-0.1, -0.05) is 15.9 Å². The van der Waals surface area contributed by atoms with Crippen LogP contribution in [0.2, 0.25) is 0 Å². The van der Waals surface area contributed by atoms with E-state index in [1.54, 1.807) is 18.5 Å². The minimum Gasteiger partial charge on any atom is -0.308 e. The maximum absolute atomic E-state index is 11.0. The molecule has 0 aliphatic rings. The number of hydrogen-bond acceptors (Lipinski definition) is 4. The van der Waals surface area contributed by atoms with Crippen molar-refractivity contribution in [1.82, 2.24) is 10.3 Å². The summed E-state index contributed by atoms with van der Waals surface area (Å²) in [4.78, 5) is 14.7. The van der Waals surface area contributed by atoms with E-state index in [1.165, 1.54) is 6.07 Å². The summed E-state index contributed by atoms with van der Waals surface area (Å²) in [7, 11) is 0. The number of nitro groups is 1. The molecule has 0 saturated heterocycles. The highest BCUT2D eigenvalue weighted by molar-refractivity contribution is 9.10. The van der Waals surface area contributed by atoms with Gasteiger partial charge in [-0.25, -0.2) is 0 Å². The molecule has 6 heteroatoms. The average molecular weight is 336 g/mol. The number of nitrogens with zero attached hydrogens (tertiary/aromatic N) is 2. The van der Waals surface area contributed by atoms with Crippen molar-refractivity contribution < 1.29 is 4.92 Å². The SMILES string of the molecule is Cc1cnccc1CNCc1ccc(Br)cc1[N+](=O)[O-]. The monoisotopic (exact) mass is 335 g/mol. The Kier molecular flexibility index (Phi) is 4.81. The van der Waals surface area contributed by atoms with E-state index in [2.05, 4.69) is 26.2 Å². The van der Waals surface area contributed by atoms with Gasteiger partial charge in [0.1, 0.15) is 0 Å². The standard InChI is InChI=1S/C14H14BrN3O2/c1-10-7-16-5-4-11(10)8-17-9-12-2-3-13(15)6-14(12)18(19)20/h2-7,17H,8-9H2,1H3. The molecule has 0 amide bonds. The smallest absolute Gasteiger partial charge is 0.275 e. The van der Waals surface area contributed by atoms with E-state index < -0.39 is 0 Å². The van der Waals surface area contributed by atoms with E-state index in [9.17, 15) is 10.1 Å². The Balaban J connectivity index is 2.05. The second kappa shape index (κ2) is 6.58. The molecule has 0 aliphatic heterocycles. The quantitative estimate of drug-likeness (QED) is 0.672. The summed E-state index contributed by atoms with van der Waals surface area (Å²) in [5.41, 5.74) is 3.04. The number of rotatable bonds is 5. The van der Waals surface area contributed by atoms with Crippen LogP contribution in [-0.2, 0) is 13.1 Å². The molecule has 1 aromatic heterocycles. The van der Waals surface area contributed by atoms with Gasteiger partial charge in [-0.05, 0) is 36.2 Å². The van der Waals surface area contributed by atoms with Crippen LogP contribution in [-0.4, -0.2) is 9.91 Å². The molecular weight excluding hydrogens is 322 g/mol. The Labute approximate surface area is 125 Å². The number of aryl methyl sites for hydroxylation is 1. The molecule has 0 spiro atoms. The fraction of sp³-hybridized carbons (Fsp3) is 0.214. The molecule has 1 aromatic carbocycles. The van der Waals surface area contributed by atoms with Crippen molar-refractivity contribution >= 4 is 21.6 Å². The third-order valence-electron chi connectivity index (χ3n) is 3.01. The number of benzene rings is 1. The summed E-state index contributed by atoms with van der Waals surface area (Å²) in [6, 6.07) is 7.03. The fourth-order valence-electron chi connectivity index (χ4n) is 1.89. The molecule has 1 heterocycles. The minimum atomic E-state index is -0.362. The first kappa shape index (κ1) is 14.6. The van der Waals surface area contributed by atoms with Crippen molar-refractivity contribution in [2.45, 2.75) is 20.0 Å². The molecule has 0 atom stereocenters. The lowest BCUT2D eigenvalue weighted by atomic mass is 10.1. The van der Waals surface area contributed by atoms with Gasteiger partial charge in [0.2, 0.25) is 0 Å². The largest absolute Gasteiger partial charge is 0.308 e. The van der Waals surface area contributed by atoms with Gasteiger partial charge >= 0.3 is 0 Å². The Bertz CT molecular complexity index is 632. The van der Waals surface area contributed by atoms with E-state index in [1.807, 2.05) is 19.1 Å². The van der Waals surface area contributed by atoms with Gasteiger partial charge < -0.3 is 5.32 Å². The van der Waals surface area contributed by atoms with Crippen LogP contribution in [0.15, 0.2) is 41.1 Å². The zero-order chi connectivity index (χ0) is 14.5. The molecule has 2 rings (SSSR count). The molecule has 0 bridgehead atoms. The van der Waals surface area contributed by atoms with Gasteiger partial charge in [0, 0.05) is 41.6 Å². The molecule has 0 saturated carbocycles. The lowest BCUT2D eigenvalue weighted by molar-refractivity contribution is -0.385. The Morgan fingerprint density at radius 1 is 1.30 bits per heavy atom. The maximum atomic E-state index is 11.0. The summed E-state index contributed by atoms with van der Waals surface area (Å²) in [6.45, 7) is 3.10. The number of aromatic nitrogens is 1. The van der Waals surface area contributed by atoms with E-state index in [4.69, 9.17) is 0 Å². The molecule has 0 aliphatic carbocycles. The van der Waals surface area contributed by atoms with Crippen LogP contribution in [0.25, 0.3) is 0 Å². The Morgan fingerprint density at radius 2 is 2.05 bits per heavy atom. The lowest BCUT2D eigenvalue weighted by Crippen LogP contribution is -2.14. The molecule has 1 N–H and O–H groups in total. The third-order valence-corrected chi connectivity index (χ3v) is 3.50. The Hall–Kier alpha value is -1.79. The van der Waals surface area contributed by atoms with Crippen LogP contribution in [0.1, 0.15) is 16.7 Å². The highest BCUT2D eigenvalue weighted by Gasteiger charge is 2.13. The molecular formula is C14H14BrN3O2. The second-order valence-corrected chi connectivity index (χ2v) is 5.35. The van der Waals surface area contributed by atoms with Crippen LogP contribution >= 0.6 is 15.9 Å². The number of nitro benzene ring substituents is 1. The summed E-state index contributed by atoms with van der Waals surface area (Å²) >= 11 is 3.25. The average Bonchev–Trinajstić information content (AvgIpc) is 2.42. The van der Waals surface area contributed by atoms with Gasteiger partial charge in [-0.15, -0.1) is 0 Å². The van der Waals surface area contributed by atoms with Crippen molar-refractivity contribution in [2.24, 2.45) is 0 Å². The number of halogens is 1. The van der Waals surface area contributed by atoms with Gasteiger partial charge in [0.05, 0.1) is 4.92 Å². The van der Waals surface area contributed by atoms with Gasteiger partial charge in [0.15, 0.2) is 0 Å². The zero-order valence-corrected chi connectivity index (χ0v) is 12.6. The number of hydrogen-bond donors (Lipinski definition) is 1. The van der Waals surface area contributed by atoms with Crippen LogP contribution in [0.4, 0.5) is 5.69 Å². The molecule has 0 fully saturated rings. The maximum Gasteiger partial charge on any atom is 0.275 e. The first-order chi connectivity index (χ1) is 9.58. The first-order valence-corrected chi connectivity index (χ1v) is 6.90. The number of pyridine rings is 1. The van der Waals surface area contributed by atoms with Crippen molar-refractivity contribution in [3.63, 3.8) is 0 Å².